The molecule has 1 fully saturated rings. The number of nitrogens with zero attached hydrogens (tertiary/aromatic N) is 4. The van der Waals surface area contributed by atoms with Gasteiger partial charge in [-0.15, -0.1) is 0 Å². The second-order valence-electron chi connectivity index (χ2n) is 6.30. The molecule has 2 heterocycles. The molecule has 0 spiro atoms. The molecule has 2 amide bonds. The number of pyridine rings is 1. The summed E-state index contributed by atoms with van der Waals surface area (Å²) in [6, 6.07) is 9.08. The van der Waals surface area contributed by atoms with Gasteiger partial charge in [-0.3, -0.25) is 0 Å². The van der Waals surface area contributed by atoms with E-state index in [0.717, 1.165) is 18.9 Å². The lowest BCUT2D eigenvalue weighted by atomic mass is 10.2. The number of piperazine rings is 1. The molecule has 0 atom stereocenters. The molecule has 9 nitrogen and oxygen atoms in total. The van der Waals surface area contributed by atoms with E-state index in [9.17, 15) is 4.79 Å². The minimum absolute atomic E-state index is 0.241. The van der Waals surface area contributed by atoms with Gasteiger partial charge in [-0.2, -0.15) is 5.10 Å². The molecule has 0 aliphatic carbocycles. The van der Waals surface area contributed by atoms with Crippen molar-refractivity contribution in [2.45, 2.75) is 0 Å². The van der Waals surface area contributed by atoms with Crippen LogP contribution in [-0.2, 0) is 0 Å². The average Bonchev–Trinajstić information content (AvgIpc) is 2.78. The standard InChI is InChI=1S/C20H25N5O4/c1-27-16-12-15(13-17(28-2)19(16)29-3)14-22-23-20(26)25-10-8-24(9-11-25)18-6-4-5-7-21-18/h4-7,12-14H,8-11H2,1-3H3,(H,23,26)/b22-14+. The SMILES string of the molecule is COc1cc(/C=N/NC(=O)N2CCN(c3ccccn3)CC2)cc(OC)c1OC. The lowest BCUT2D eigenvalue weighted by molar-refractivity contribution is 0.195. The van der Waals surface area contributed by atoms with Gasteiger partial charge in [0.2, 0.25) is 5.75 Å². The van der Waals surface area contributed by atoms with Crippen LogP contribution in [0, 0.1) is 0 Å². The molecule has 1 aromatic carbocycles. The van der Waals surface area contributed by atoms with E-state index in [1.807, 2.05) is 18.2 Å². The van der Waals surface area contributed by atoms with Gasteiger partial charge in [0.1, 0.15) is 5.82 Å². The molecule has 0 bridgehead atoms. The number of methoxy groups -OCH3 is 3. The molecule has 1 N–H and O–H groups in total. The molecule has 0 saturated carbocycles. The van der Waals surface area contributed by atoms with Crippen LogP contribution in [-0.4, -0.2) is 69.6 Å². The van der Waals surface area contributed by atoms with Crippen LogP contribution in [0.2, 0.25) is 0 Å². The molecule has 1 aromatic heterocycles. The van der Waals surface area contributed by atoms with E-state index in [1.54, 1.807) is 44.6 Å². The third-order valence-electron chi connectivity index (χ3n) is 4.60. The summed E-state index contributed by atoms with van der Waals surface area (Å²) in [5, 5.41) is 4.06. The number of hydrazone groups is 1. The zero-order valence-electron chi connectivity index (χ0n) is 16.8. The molecule has 3 rings (SSSR count). The molecule has 0 unspecified atom stereocenters. The van der Waals surface area contributed by atoms with Crippen molar-refractivity contribution in [2.24, 2.45) is 5.10 Å². The fraction of sp³-hybridized carbons (Fsp3) is 0.350. The summed E-state index contributed by atoms with van der Waals surface area (Å²) in [6.07, 6.45) is 3.30. The summed E-state index contributed by atoms with van der Waals surface area (Å²) < 4.78 is 15.9. The Hall–Kier alpha value is -3.49. The molecule has 1 saturated heterocycles. The van der Waals surface area contributed by atoms with E-state index in [0.29, 0.717) is 35.9 Å². The molecule has 1 aliphatic heterocycles. The van der Waals surface area contributed by atoms with Gasteiger partial charge in [0.15, 0.2) is 11.5 Å². The van der Waals surface area contributed by atoms with Crippen LogP contribution < -0.4 is 24.5 Å². The smallest absolute Gasteiger partial charge is 0.337 e. The highest BCUT2D eigenvalue weighted by atomic mass is 16.5. The molecule has 29 heavy (non-hydrogen) atoms. The van der Waals surface area contributed by atoms with Gasteiger partial charge >= 0.3 is 6.03 Å². The fourth-order valence-electron chi connectivity index (χ4n) is 3.09. The van der Waals surface area contributed by atoms with Crippen molar-refractivity contribution in [1.82, 2.24) is 15.3 Å². The molecule has 1 aliphatic rings. The number of hydrogen-bond acceptors (Lipinski definition) is 7. The first-order valence-corrected chi connectivity index (χ1v) is 9.20. The van der Waals surface area contributed by atoms with Gasteiger partial charge in [0.05, 0.1) is 27.5 Å². The number of nitrogens with one attached hydrogen (secondary N) is 1. The lowest BCUT2D eigenvalue weighted by Crippen LogP contribution is -2.51. The van der Waals surface area contributed by atoms with Gasteiger partial charge in [-0.05, 0) is 24.3 Å². The van der Waals surface area contributed by atoms with Crippen molar-refractivity contribution in [2.75, 3.05) is 52.4 Å². The Bertz CT molecular complexity index is 826. The van der Waals surface area contributed by atoms with Gasteiger partial charge in [-0.1, -0.05) is 6.07 Å². The molecule has 154 valence electrons. The number of urea groups is 1. The highest BCUT2D eigenvalue weighted by molar-refractivity contribution is 5.84. The Morgan fingerprint density at radius 2 is 1.76 bits per heavy atom. The topological polar surface area (TPSA) is 88.5 Å². The largest absolute Gasteiger partial charge is 0.493 e. The van der Waals surface area contributed by atoms with Crippen molar-refractivity contribution in [1.29, 1.82) is 0 Å². The Morgan fingerprint density at radius 3 is 2.31 bits per heavy atom. The van der Waals surface area contributed by atoms with Crippen LogP contribution >= 0.6 is 0 Å². The second-order valence-corrected chi connectivity index (χ2v) is 6.30. The number of aromatic nitrogens is 1. The number of amides is 2. The fourth-order valence-corrected chi connectivity index (χ4v) is 3.09. The van der Waals surface area contributed by atoms with Crippen LogP contribution in [0.3, 0.4) is 0 Å². The summed E-state index contributed by atoms with van der Waals surface area (Å²) in [4.78, 5) is 20.6. The minimum atomic E-state index is -0.241. The van der Waals surface area contributed by atoms with E-state index in [2.05, 4.69) is 20.4 Å². The van der Waals surface area contributed by atoms with Crippen molar-refractivity contribution in [3.8, 4) is 17.2 Å². The number of hydrogen-bond donors (Lipinski definition) is 1. The maximum atomic E-state index is 12.4. The van der Waals surface area contributed by atoms with Crippen molar-refractivity contribution < 1.29 is 19.0 Å². The summed E-state index contributed by atoms with van der Waals surface area (Å²) in [5.41, 5.74) is 3.28. The van der Waals surface area contributed by atoms with E-state index < -0.39 is 0 Å². The lowest BCUT2D eigenvalue weighted by Gasteiger charge is -2.34. The van der Waals surface area contributed by atoms with E-state index >= 15 is 0 Å². The van der Waals surface area contributed by atoms with Gasteiger partial charge < -0.3 is 24.0 Å². The van der Waals surface area contributed by atoms with Crippen molar-refractivity contribution in [3.63, 3.8) is 0 Å². The first kappa shape index (κ1) is 20.2. The summed E-state index contributed by atoms with van der Waals surface area (Å²) in [5.74, 6) is 2.46. The highest BCUT2D eigenvalue weighted by Gasteiger charge is 2.21. The number of carbonyl (C=O) groups excluding carboxylic acids is 1. The Kier molecular flexibility index (Phi) is 6.72. The predicted octanol–water partition coefficient (Wildman–Crippen LogP) is 1.97. The molecule has 9 heteroatoms. The summed E-state index contributed by atoms with van der Waals surface area (Å²) >= 11 is 0. The average molecular weight is 399 g/mol. The number of anilines is 1. The minimum Gasteiger partial charge on any atom is -0.493 e. The van der Waals surface area contributed by atoms with Crippen LogP contribution in [0.5, 0.6) is 17.2 Å². The molecular formula is C20H25N5O4. The zero-order valence-corrected chi connectivity index (χ0v) is 16.8. The summed E-state index contributed by atoms with van der Waals surface area (Å²) in [6.45, 7) is 2.65. The number of rotatable bonds is 6. The van der Waals surface area contributed by atoms with E-state index in [4.69, 9.17) is 14.2 Å². The maximum absolute atomic E-state index is 12.4. The molecule has 2 aromatic rings. The normalized spacial score (nSPS) is 14.0. The van der Waals surface area contributed by atoms with Gasteiger partial charge in [-0.25, -0.2) is 15.2 Å². The van der Waals surface area contributed by atoms with E-state index in [1.165, 1.54) is 6.21 Å². The van der Waals surface area contributed by atoms with Crippen molar-refractivity contribution in [3.05, 3.63) is 42.1 Å². The first-order valence-electron chi connectivity index (χ1n) is 9.20. The second kappa shape index (κ2) is 9.63. The number of benzene rings is 1. The third-order valence-corrected chi connectivity index (χ3v) is 4.60. The zero-order chi connectivity index (χ0) is 20.6. The van der Waals surface area contributed by atoms with Gasteiger partial charge in [0, 0.05) is 37.9 Å². The first-order chi connectivity index (χ1) is 14.2. The van der Waals surface area contributed by atoms with E-state index in [-0.39, 0.29) is 6.03 Å². The van der Waals surface area contributed by atoms with Crippen LogP contribution in [0.15, 0.2) is 41.6 Å². The van der Waals surface area contributed by atoms with Crippen molar-refractivity contribution >= 4 is 18.1 Å². The van der Waals surface area contributed by atoms with Gasteiger partial charge in [0.25, 0.3) is 0 Å². The Labute approximate surface area is 169 Å². The summed E-state index contributed by atoms with van der Waals surface area (Å²) in [7, 11) is 4.64. The predicted molar refractivity (Wildman–Crippen MR) is 110 cm³/mol. The third kappa shape index (κ3) is 4.87. The quantitative estimate of drug-likeness (QED) is 0.590. The highest BCUT2D eigenvalue weighted by Crippen LogP contribution is 2.37. The van der Waals surface area contributed by atoms with Crippen LogP contribution in [0.25, 0.3) is 0 Å². The Balaban J connectivity index is 1.56. The number of carbonyl (C=O) groups is 1. The molecule has 0 radical (unpaired) electrons. The monoisotopic (exact) mass is 399 g/mol. The maximum Gasteiger partial charge on any atom is 0.337 e. The molecular weight excluding hydrogens is 374 g/mol. The number of ether oxygens (including phenoxy) is 3. The van der Waals surface area contributed by atoms with Crippen LogP contribution in [0.4, 0.5) is 10.6 Å². The van der Waals surface area contributed by atoms with Crippen LogP contribution in [0.1, 0.15) is 5.56 Å². The Morgan fingerprint density at radius 1 is 1.07 bits per heavy atom.